The number of carboxylic acid groups (broad SMARTS) is 1. The number of carbonyl (C=O) groups is 3. The highest BCUT2D eigenvalue weighted by atomic mass is 19.1. The smallest absolute Gasteiger partial charge is 0.405 e. The zero-order chi connectivity index (χ0) is 29.6. The minimum Gasteiger partial charge on any atom is -0.465 e. The van der Waals surface area contributed by atoms with Crippen LogP contribution in [-0.2, 0) is 22.6 Å². The summed E-state index contributed by atoms with van der Waals surface area (Å²) in [7, 11) is 3.19. The number of nitrogens with zero attached hydrogens (tertiary/aromatic N) is 4. The minimum absolute atomic E-state index is 0.00891. The van der Waals surface area contributed by atoms with E-state index in [1.54, 1.807) is 33.2 Å². The van der Waals surface area contributed by atoms with Gasteiger partial charge in [0.1, 0.15) is 28.9 Å². The third-order valence-electron chi connectivity index (χ3n) is 6.12. The lowest BCUT2D eigenvalue weighted by Crippen LogP contribution is -2.44. The fourth-order valence-corrected chi connectivity index (χ4v) is 4.05. The van der Waals surface area contributed by atoms with Gasteiger partial charge in [0.25, 0.3) is 5.56 Å². The van der Waals surface area contributed by atoms with E-state index in [-0.39, 0.29) is 36.9 Å². The largest absolute Gasteiger partial charge is 0.465 e. The molecule has 0 aliphatic carbocycles. The van der Waals surface area contributed by atoms with Gasteiger partial charge in [-0.25, -0.2) is 19.2 Å². The first-order chi connectivity index (χ1) is 18.9. The van der Waals surface area contributed by atoms with E-state index in [1.165, 1.54) is 21.6 Å². The number of amides is 3. The van der Waals surface area contributed by atoms with Crippen molar-refractivity contribution in [2.75, 3.05) is 19.4 Å². The third kappa shape index (κ3) is 7.52. The maximum absolute atomic E-state index is 14.5. The van der Waals surface area contributed by atoms with E-state index in [1.807, 2.05) is 13.8 Å². The standard InChI is InChI=1S/C27H34FN7O5/c1-15(2)12-17-18(28)13-29-24-23(17)32-21(33-24)14-35-16(3)10-11-20(26(35)38)30-25(37)19(31-27(39)40)8-6-7-9-22(36)34(4)5/h7,9-11,13,15,19,31H,6,8,12,14H2,1-5H3,(H,30,37)(H,39,40)(H,29,32,33)/b9-7+/t19-/m0/s1. The molecule has 0 unspecified atom stereocenters. The van der Waals surface area contributed by atoms with Gasteiger partial charge in [0, 0.05) is 25.4 Å². The Bertz CT molecular complexity index is 1490. The molecule has 12 nitrogen and oxygen atoms in total. The molecule has 40 heavy (non-hydrogen) atoms. The van der Waals surface area contributed by atoms with Crippen LogP contribution in [0.4, 0.5) is 14.9 Å². The summed E-state index contributed by atoms with van der Waals surface area (Å²) < 4.78 is 15.8. The number of hydrogen-bond acceptors (Lipinski definition) is 6. The van der Waals surface area contributed by atoms with Crippen LogP contribution in [0.5, 0.6) is 0 Å². The Morgan fingerprint density at radius 2 is 1.98 bits per heavy atom. The second-order valence-electron chi connectivity index (χ2n) is 10.0. The van der Waals surface area contributed by atoms with E-state index < -0.39 is 29.4 Å². The first-order valence-corrected chi connectivity index (χ1v) is 12.8. The van der Waals surface area contributed by atoms with Crippen molar-refractivity contribution in [3.63, 3.8) is 0 Å². The van der Waals surface area contributed by atoms with Crippen LogP contribution in [0.25, 0.3) is 11.2 Å². The molecule has 3 amide bonds. The van der Waals surface area contributed by atoms with Crippen LogP contribution < -0.4 is 16.2 Å². The van der Waals surface area contributed by atoms with Gasteiger partial charge in [0.05, 0.1) is 12.7 Å². The zero-order valence-corrected chi connectivity index (χ0v) is 23.1. The average molecular weight is 556 g/mol. The number of likely N-dealkylation sites (N-methyl/N-ethyl adjacent to an activating group) is 1. The van der Waals surface area contributed by atoms with Crippen LogP contribution in [0.15, 0.2) is 35.3 Å². The molecular weight excluding hydrogens is 521 g/mol. The SMILES string of the molecule is Cc1ccc(NC(=O)[C@H](CC/C=C/C(=O)N(C)C)NC(=O)O)c(=O)n1Cc1nc2c(CC(C)C)c(F)cnc2[nH]1. The Labute approximate surface area is 230 Å². The number of carbonyl (C=O) groups excluding carboxylic acids is 2. The number of rotatable bonds is 11. The number of anilines is 1. The van der Waals surface area contributed by atoms with Crippen molar-refractivity contribution in [3.8, 4) is 0 Å². The van der Waals surface area contributed by atoms with Crippen LogP contribution >= 0.6 is 0 Å². The number of hydrogen-bond donors (Lipinski definition) is 4. The number of halogens is 1. The van der Waals surface area contributed by atoms with Crippen molar-refractivity contribution in [2.45, 2.75) is 52.6 Å². The minimum atomic E-state index is -1.40. The molecule has 0 spiro atoms. The summed E-state index contributed by atoms with van der Waals surface area (Å²) >= 11 is 0. The Morgan fingerprint density at radius 3 is 2.62 bits per heavy atom. The molecule has 0 aliphatic heterocycles. The summed E-state index contributed by atoms with van der Waals surface area (Å²) in [4.78, 5) is 62.2. The van der Waals surface area contributed by atoms with E-state index >= 15 is 0 Å². The number of H-pyrrole nitrogens is 1. The van der Waals surface area contributed by atoms with Crippen LogP contribution in [0.3, 0.4) is 0 Å². The highest BCUT2D eigenvalue weighted by Gasteiger charge is 2.22. The first-order valence-electron chi connectivity index (χ1n) is 12.8. The molecule has 0 aromatic carbocycles. The molecule has 214 valence electrons. The number of imidazole rings is 1. The number of pyridine rings is 2. The average Bonchev–Trinajstić information content (AvgIpc) is 3.29. The van der Waals surface area contributed by atoms with Crippen molar-refractivity contribution in [3.05, 3.63) is 63.7 Å². The maximum atomic E-state index is 14.5. The third-order valence-corrected chi connectivity index (χ3v) is 6.12. The summed E-state index contributed by atoms with van der Waals surface area (Å²) in [6, 6.07) is 1.91. The molecule has 3 rings (SSSR count). The summed E-state index contributed by atoms with van der Waals surface area (Å²) in [5.74, 6) is -0.822. The van der Waals surface area contributed by atoms with Crippen molar-refractivity contribution >= 4 is 34.8 Å². The Morgan fingerprint density at radius 1 is 1.25 bits per heavy atom. The van der Waals surface area contributed by atoms with Gasteiger partial charge in [0.2, 0.25) is 11.8 Å². The molecule has 4 N–H and O–H groups in total. The lowest BCUT2D eigenvalue weighted by Gasteiger charge is -2.17. The second-order valence-corrected chi connectivity index (χ2v) is 10.0. The van der Waals surface area contributed by atoms with Crippen molar-refractivity contribution < 1.29 is 23.9 Å². The van der Waals surface area contributed by atoms with E-state index in [9.17, 15) is 28.7 Å². The molecule has 3 heterocycles. The summed E-state index contributed by atoms with van der Waals surface area (Å²) in [5.41, 5.74) is 1.27. The van der Waals surface area contributed by atoms with E-state index in [0.29, 0.717) is 34.7 Å². The van der Waals surface area contributed by atoms with Gasteiger partial charge in [-0.15, -0.1) is 0 Å². The fraction of sp³-hybridized carbons (Fsp3) is 0.407. The molecule has 3 aromatic heterocycles. The monoisotopic (exact) mass is 555 g/mol. The molecule has 0 aliphatic rings. The van der Waals surface area contributed by atoms with Crippen molar-refractivity contribution in [2.24, 2.45) is 5.92 Å². The Hall–Kier alpha value is -4.55. The van der Waals surface area contributed by atoms with Crippen LogP contribution in [0.2, 0.25) is 0 Å². The maximum Gasteiger partial charge on any atom is 0.405 e. The molecule has 0 radical (unpaired) electrons. The fourth-order valence-electron chi connectivity index (χ4n) is 4.05. The van der Waals surface area contributed by atoms with Crippen LogP contribution in [0.1, 0.15) is 43.8 Å². The van der Waals surface area contributed by atoms with E-state index in [4.69, 9.17) is 0 Å². The number of aryl methyl sites for hydroxylation is 1. The number of nitrogens with one attached hydrogen (secondary N) is 3. The topological polar surface area (TPSA) is 162 Å². The van der Waals surface area contributed by atoms with Gasteiger partial charge in [-0.2, -0.15) is 0 Å². The first kappa shape index (κ1) is 30.0. The molecular formula is C27H34FN7O5. The second kappa shape index (κ2) is 13.0. The van der Waals surface area contributed by atoms with Crippen LogP contribution in [0, 0.1) is 18.7 Å². The molecule has 0 saturated heterocycles. The van der Waals surface area contributed by atoms with Crippen LogP contribution in [-0.4, -0.2) is 67.6 Å². The number of fused-ring (bicyclic) bond motifs is 1. The Kier molecular flexibility index (Phi) is 9.75. The molecule has 3 aromatic rings. The van der Waals surface area contributed by atoms with Gasteiger partial charge >= 0.3 is 6.09 Å². The summed E-state index contributed by atoms with van der Waals surface area (Å²) in [5, 5.41) is 13.8. The van der Waals surface area contributed by atoms with E-state index in [2.05, 4.69) is 25.6 Å². The highest BCUT2D eigenvalue weighted by Crippen LogP contribution is 2.21. The predicted octanol–water partition coefficient (Wildman–Crippen LogP) is 2.81. The number of aromatic nitrogens is 4. The predicted molar refractivity (Wildman–Crippen MR) is 148 cm³/mol. The molecule has 13 heteroatoms. The molecule has 1 atom stereocenters. The van der Waals surface area contributed by atoms with Gasteiger partial charge in [-0.05, 0) is 50.3 Å². The highest BCUT2D eigenvalue weighted by molar-refractivity contribution is 5.96. The lowest BCUT2D eigenvalue weighted by atomic mass is 10.0. The number of allylic oxidation sites excluding steroid dienone is 1. The zero-order valence-electron chi connectivity index (χ0n) is 23.1. The van der Waals surface area contributed by atoms with Gasteiger partial charge < -0.3 is 30.2 Å². The quantitative estimate of drug-likeness (QED) is 0.264. The molecule has 0 fully saturated rings. The lowest BCUT2D eigenvalue weighted by molar-refractivity contribution is -0.123. The van der Waals surface area contributed by atoms with E-state index in [0.717, 1.165) is 6.20 Å². The molecule has 0 bridgehead atoms. The van der Waals surface area contributed by atoms with Crippen molar-refractivity contribution in [1.82, 2.24) is 29.7 Å². The van der Waals surface area contributed by atoms with Gasteiger partial charge in [0.15, 0.2) is 5.65 Å². The van der Waals surface area contributed by atoms with Gasteiger partial charge in [-0.3, -0.25) is 14.4 Å². The Balaban J connectivity index is 1.82. The number of aromatic amines is 1. The summed E-state index contributed by atoms with van der Waals surface area (Å²) in [6.45, 7) is 5.67. The van der Waals surface area contributed by atoms with Crippen molar-refractivity contribution in [1.29, 1.82) is 0 Å². The summed E-state index contributed by atoms with van der Waals surface area (Å²) in [6.07, 6.45) is 3.41. The van der Waals surface area contributed by atoms with Gasteiger partial charge in [-0.1, -0.05) is 19.9 Å². The molecule has 0 saturated carbocycles. The normalized spacial score (nSPS) is 12.2.